The van der Waals surface area contributed by atoms with Crippen LogP contribution in [0.4, 0.5) is 11.4 Å². The summed E-state index contributed by atoms with van der Waals surface area (Å²) in [4.78, 5) is 65.0. The van der Waals surface area contributed by atoms with E-state index < -0.39 is 52.3 Å². The second-order valence-electron chi connectivity index (χ2n) is 20.4. The van der Waals surface area contributed by atoms with E-state index in [1.807, 2.05) is 18.7 Å². The van der Waals surface area contributed by atoms with Gasteiger partial charge in [0.15, 0.2) is 23.8 Å². The molecule has 8 heterocycles. The predicted octanol–water partition coefficient (Wildman–Crippen LogP) is 7.12. The van der Waals surface area contributed by atoms with Crippen LogP contribution in [0.25, 0.3) is 0 Å². The van der Waals surface area contributed by atoms with Gasteiger partial charge in [0.1, 0.15) is 12.6 Å². The summed E-state index contributed by atoms with van der Waals surface area (Å²) in [5.41, 5.74) is -0.767. The monoisotopic (exact) mass is 869 g/mol. The zero-order valence-corrected chi connectivity index (χ0v) is 37.4. The van der Waals surface area contributed by atoms with E-state index in [1.54, 1.807) is 12.1 Å². The molecule has 344 valence electrons. The smallest absolute Gasteiger partial charge is 0.325 e. The highest BCUT2D eigenvalue weighted by molar-refractivity contribution is 5.88. The van der Waals surface area contributed by atoms with E-state index in [0.29, 0.717) is 56.2 Å². The van der Waals surface area contributed by atoms with Gasteiger partial charge in [-0.3, -0.25) is 19.7 Å². The van der Waals surface area contributed by atoms with Crippen molar-refractivity contribution in [2.24, 2.45) is 47.3 Å². The number of benzene rings is 1. The fourth-order valence-corrected chi connectivity index (χ4v) is 13.4. The summed E-state index contributed by atoms with van der Waals surface area (Å²) in [5.74, 6) is -0.808. The first-order valence-electron chi connectivity index (χ1n) is 23.4. The number of hydrogen-bond donors (Lipinski definition) is 1. The summed E-state index contributed by atoms with van der Waals surface area (Å²) in [7, 11) is 1.28. The number of nitro benzene ring substituents is 1. The number of rotatable bonds is 13. The Morgan fingerprint density at radius 1 is 0.790 bits per heavy atom. The van der Waals surface area contributed by atoms with Crippen LogP contribution in [-0.4, -0.2) is 90.6 Å². The van der Waals surface area contributed by atoms with Crippen molar-refractivity contribution in [2.75, 3.05) is 25.1 Å². The van der Waals surface area contributed by atoms with Gasteiger partial charge in [-0.15, -0.1) is 0 Å². The molecule has 0 aromatic heterocycles. The number of fused-ring (bicyclic) bond motifs is 4. The molecule has 5 unspecified atom stereocenters. The Balaban J connectivity index is 0.971. The first kappa shape index (κ1) is 44.3. The molecular weight excluding hydrogens is 803 g/mol. The van der Waals surface area contributed by atoms with Gasteiger partial charge in [-0.1, -0.05) is 27.7 Å². The van der Waals surface area contributed by atoms with Crippen molar-refractivity contribution in [2.45, 2.75) is 172 Å². The van der Waals surface area contributed by atoms with E-state index in [9.17, 15) is 19.7 Å². The molecule has 10 fully saturated rings. The number of non-ortho nitro benzene ring substituents is 1. The van der Waals surface area contributed by atoms with E-state index >= 15 is 0 Å². The molecule has 1 aromatic rings. The second-order valence-corrected chi connectivity index (χ2v) is 20.4. The maximum atomic E-state index is 14.5. The molecule has 16 nitrogen and oxygen atoms in total. The topological polar surface area (TPSA) is 176 Å². The molecule has 1 amide bonds. The SMILES string of the molecule is COC(=O)CNC(=O)C(CC[C@H]1O[C@@H]2O[C@]3(C)CCC4[C@H](C)CCC([C@H]1C)[C@]42OO3)N(CCC[C@H]1O[C@@H]2O[C@]3(C)CCC4[C@H](C)CCC([C@H]1C)[C@]42OO3)c1ccc([N+](=O)[O-])cc1. The third-order valence-electron chi connectivity index (χ3n) is 16.9. The fraction of sp³-hybridized carbons (Fsp3) is 0.826. The highest BCUT2D eigenvalue weighted by atomic mass is 17.3. The van der Waals surface area contributed by atoms with E-state index in [2.05, 4.69) is 33.0 Å². The van der Waals surface area contributed by atoms with E-state index in [4.69, 9.17) is 43.2 Å². The van der Waals surface area contributed by atoms with Crippen LogP contribution in [0.1, 0.15) is 119 Å². The average Bonchev–Trinajstić information content (AvgIpc) is 3.63. The Labute approximate surface area is 364 Å². The minimum Gasteiger partial charge on any atom is -0.468 e. The van der Waals surface area contributed by atoms with Gasteiger partial charge in [0.05, 0.1) is 24.2 Å². The van der Waals surface area contributed by atoms with Crippen molar-refractivity contribution in [1.82, 2.24) is 5.32 Å². The van der Waals surface area contributed by atoms with Crippen LogP contribution in [0.15, 0.2) is 24.3 Å². The maximum absolute atomic E-state index is 14.5. The van der Waals surface area contributed by atoms with Gasteiger partial charge in [-0.05, 0) is 126 Å². The molecule has 62 heavy (non-hydrogen) atoms. The number of nitrogens with zero attached hydrogens (tertiary/aromatic N) is 2. The summed E-state index contributed by atoms with van der Waals surface area (Å²) >= 11 is 0. The van der Waals surface area contributed by atoms with Gasteiger partial charge < -0.3 is 33.9 Å². The summed E-state index contributed by atoms with van der Waals surface area (Å²) in [5, 5.41) is 14.6. The van der Waals surface area contributed by atoms with E-state index in [0.717, 1.165) is 44.9 Å². The molecule has 1 N–H and O–H groups in total. The number of carbonyl (C=O) groups is 2. The molecule has 8 saturated heterocycles. The van der Waals surface area contributed by atoms with Gasteiger partial charge in [-0.25, -0.2) is 19.6 Å². The van der Waals surface area contributed by atoms with Crippen molar-refractivity contribution >= 4 is 23.3 Å². The molecule has 2 saturated carbocycles. The first-order chi connectivity index (χ1) is 29.6. The molecule has 0 radical (unpaired) electrons. The average molecular weight is 870 g/mol. The first-order valence-corrected chi connectivity index (χ1v) is 23.4. The molecule has 10 aliphatic rings. The van der Waals surface area contributed by atoms with Crippen LogP contribution in [0.3, 0.4) is 0 Å². The molecule has 17 atom stereocenters. The summed E-state index contributed by atoms with van der Waals surface area (Å²) in [6.45, 7) is 13.0. The number of nitrogens with one attached hydrogen (secondary N) is 1. The lowest BCUT2D eigenvalue weighted by Crippen LogP contribution is -2.70. The Morgan fingerprint density at radius 2 is 1.32 bits per heavy atom. The summed E-state index contributed by atoms with van der Waals surface area (Å²) < 4.78 is 32.0. The van der Waals surface area contributed by atoms with Crippen LogP contribution >= 0.6 is 0 Å². The highest BCUT2D eigenvalue weighted by Gasteiger charge is 2.70. The number of methoxy groups -OCH3 is 1. The van der Waals surface area contributed by atoms with Crippen molar-refractivity contribution in [3.8, 4) is 0 Å². The summed E-state index contributed by atoms with van der Waals surface area (Å²) in [6.07, 6.45) is 8.06. The second kappa shape index (κ2) is 16.8. The van der Waals surface area contributed by atoms with Crippen LogP contribution in [-0.2, 0) is 52.8 Å². The van der Waals surface area contributed by atoms with Crippen molar-refractivity contribution in [1.29, 1.82) is 0 Å². The molecule has 8 aliphatic heterocycles. The van der Waals surface area contributed by atoms with Gasteiger partial charge in [0.2, 0.25) is 17.5 Å². The number of hydrogen-bond acceptors (Lipinski definition) is 14. The predicted molar refractivity (Wildman–Crippen MR) is 221 cm³/mol. The molecule has 2 aliphatic carbocycles. The lowest BCUT2D eigenvalue weighted by Gasteiger charge is -2.60. The standard InChI is InChI=1S/C46H67N3O13/c1-26-10-16-34-28(3)37(55-41-45(34)32(26)20-22-43(5,57-41)59-61-45)9-8-24-48(30-12-14-31(15-13-30)49(52)53)36(40(51)47-25-39(50)54-7)18-19-38-29(4)35-17-11-27(2)33-21-23-44(6)58-42(56-38)46(33,35)62-60-44/h12-15,26-29,32-38,41-42H,8-11,16-25H2,1-7H3,(H,47,51)/t26-,27-,28-,29-,32?,33?,34?,35?,36?,37-,38-,41-,42-,43+,44+,45-,46-/m1/s1. The van der Waals surface area contributed by atoms with Crippen molar-refractivity contribution in [3.05, 3.63) is 34.4 Å². The quantitative estimate of drug-likeness (QED) is 0.0918. The Bertz CT molecular complexity index is 1840. The number of amides is 1. The van der Waals surface area contributed by atoms with Gasteiger partial charge >= 0.3 is 5.97 Å². The number of anilines is 1. The Morgan fingerprint density at radius 3 is 1.84 bits per heavy atom. The van der Waals surface area contributed by atoms with Gasteiger partial charge in [0.25, 0.3) is 5.69 Å². The van der Waals surface area contributed by atoms with Crippen LogP contribution in [0.5, 0.6) is 0 Å². The number of esters is 1. The molecule has 11 rings (SSSR count). The van der Waals surface area contributed by atoms with Gasteiger partial charge in [0, 0.05) is 49.0 Å². The molecular formula is C46H67N3O13. The lowest BCUT2D eigenvalue weighted by atomic mass is 9.57. The summed E-state index contributed by atoms with van der Waals surface area (Å²) in [6, 6.07) is 5.55. The number of carbonyl (C=O) groups excluding carboxylic acids is 2. The minimum absolute atomic E-state index is 0.0486. The maximum Gasteiger partial charge on any atom is 0.325 e. The van der Waals surface area contributed by atoms with Crippen LogP contribution in [0, 0.1) is 57.5 Å². The lowest BCUT2D eigenvalue weighted by molar-refractivity contribution is -0.571. The van der Waals surface area contributed by atoms with Gasteiger partial charge in [-0.2, -0.15) is 0 Å². The third kappa shape index (κ3) is 7.45. The minimum atomic E-state index is -0.913. The fourth-order valence-electron chi connectivity index (χ4n) is 13.4. The zero-order chi connectivity index (χ0) is 43.8. The van der Waals surface area contributed by atoms with Crippen LogP contribution < -0.4 is 10.2 Å². The highest BCUT2D eigenvalue weighted by Crippen LogP contribution is 2.62. The largest absolute Gasteiger partial charge is 0.468 e. The van der Waals surface area contributed by atoms with E-state index in [-0.39, 0.29) is 65.9 Å². The third-order valence-corrected chi connectivity index (χ3v) is 16.9. The van der Waals surface area contributed by atoms with E-state index in [1.165, 1.54) is 19.2 Å². The molecule has 1 aromatic carbocycles. The zero-order valence-electron chi connectivity index (χ0n) is 37.4. The van der Waals surface area contributed by atoms with Crippen LogP contribution in [0.2, 0.25) is 0 Å². The number of ether oxygens (including phenoxy) is 5. The van der Waals surface area contributed by atoms with Crippen molar-refractivity contribution in [3.63, 3.8) is 0 Å². The normalized spacial score (nSPS) is 44.5. The molecule has 4 bridgehead atoms. The Hall–Kier alpha value is -2.96. The number of nitro groups is 1. The Kier molecular flexibility index (Phi) is 12.0. The van der Waals surface area contributed by atoms with Crippen molar-refractivity contribution < 1.29 is 57.7 Å². The molecule has 2 spiro atoms. The molecule has 16 heteroatoms.